The van der Waals surface area contributed by atoms with Gasteiger partial charge in [0.25, 0.3) is 0 Å². The maximum atomic E-state index is 13.0. The summed E-state index contributed by atoms with van der Waals surface area (Å²) in [5, 5.41) is 18.4. The molecular weight excluding hydrogens is 225 g/mol. The van der Waals surface area contributed by atoms with E-state index < -0.39 is 5.82 Å². The zero-order valence-corrected chi connectivity index (χ0v) is 9.85. The second kappa shape index (κ2) is 5.75. The average Bonchev–Trinajstić information content (AvgIpc) is 2.30. The minimum Gasteiger partial charge on any atom is -0.507 e. The Hall–Kier alpha value is -1.46. The maximum Gasteiger partial charge on any atom is 0.180 e. The van der Waals surface area contributed by atoms with Crippen molar-refractivity contribution in [1.82, 2.24) is 4.90 Å². The number of aliphatic hydroxyl groups excluding tert-OH is 1. The minimum atomic E-state index is -0.566. The average molecular weight is 241 g/mol. The van der Waals surface area contributed by atoms with Gasteiger partial charge in [-0.1, -0.05) is 0 Å². The smallest absolute Gasteiger partial charge is 0.180 e. The fourth-order valence-corrected chi connectivity index (χ4v) is 1.34. The summed E-state index contributed by atoms with van der Waals surface area (Å²) in [6.45, 7) is 1.70. The number of nitrogens with zero attached hydrogens (tertiary/aromatic N) is 1. The molecule has 0 aromatic heterocycles. The number of rotatable bonds is 5. The number of carbonyl (C=O) groups is 1. The highest BCUT2D eigenvalue weighted by atomic mass is 19.1. The number of ketones is 1. The highest BCUT2D eigenvalue weighted by molar-refractivity contribution is 6.00. The molecule has 1 atom stereocenters. The first-order chi connectivity index (χ1) is 7.95. The van der Waals surface area contributed by atoms with Gasteiger partial charge >= 0.3 is 0 Å². The van der Waals surface area contributed by atoms with Gasteiger partial charge in [-0.05, 0) is 32.2 Å². The summed E-state index contributed by atoms with van der Waals surface area (Å²) >= 11 is 0. The fraction of sp³-hybridized carbons (Fsp3) is 0.417. The van der Waals surface area contributed by atoms with E-state index in [0.717, 1.165) is 18.2 Å². The van der Waals surface area contributed by atoms with Crippen LogP contribution in [0.15, 0.2) is 18.2 Å². The van der Waals surface area contributed by atoms with Crippen molar-refractivity contribution in [2.75, 3.05) is 20.2 Å². The molecule has 94 valence electrons. The molecule has 0 saturated carbocycles. The van der Waals surface area contributed by atoms with Crippen LogP contribution in [0, 0.1) is 5.82 Å². The van der Waals surface area contributed by atoms with Crippen molar-refractivity contribution in [3.8, 4) is 5.75 Å². The first-order valence-electron chi connectivity index (χ1n) is 5.28. The highest BCUT2D eigenvalue weighted by Crippen LogP contribution is 2.18. The molecule has 2 N–H and O–H groups in total. The van der Waals surface area contributed by atoms with Gasteiger partial charge < -0.3 is 10.2 Å². The molecule has 0 aliphatic carbocycles. The predicted octanol–water partition coefficient (Wildman–Crippen LogP) is 1.03. The van der Waals surface area contributed by atoms with Crippen molar-refractivity contribution in [3.63, 3.8) is 0 Å². The van der Waals surface area contributed by atoms with E-state index in [0.29, 0.717) is 0 Å². The van der Waals surface area contributed by atoms with Crippen molar-refractivity contribution < 1.29 is 19.4 Å². The number of hydrogen-bond donors (Lipinski definition) is 2. The third kappa shape index (κ3) is 3.51. The predicted molar refractivity (Wildman–Crippen MR) is 61.6 cm³/mol. The normalized spacial score (nSPS) is 12.8. The lowest BCUT2D eigenvalue weighted by Crippen LogP contribution is -2.36. The van der Waals surface area contributed by atoms with Gasteiger partial charge in [0.1, 0.15) is 11.6 Å². The molecule has 0 radical (unpaired) electrons. The SMILES string of the molecule is CC(CO)N(C)CC(=O)c1cc(F)ccc1O. The minimum absolute atomic E-state index is 0.0126. The van der Waals surface area contributed by atoms with Gasteiger partial charge in [0.05, 0.1) is 18.7 Å². The third-order valence-electron chi connectivity index (χ3n) is 2.67. The second-order valence-corrected chi connectivity index (χ2v) is 4.03. The van der Waals surface area contributed by atoms with Gasteiger partial charge in [-0.3, -0.25) is 9.69 Å². The van der Waals surface area contributed by atoms with Crippen LogP contribution >= 0.6 is 0 Å². The molecule has 0 amide bonds. The zero-order chi connectivity index (χ0) is 13.0. The van der Waals surface area contributed by atoms with Crippen molar-refractivity contribution in [3.05, 3.63) is 29.6 Å². The number of likely N-dealkylation sites (N-methyl/N-ethyl adjacent to an activating group) is 1. The highest BCUT2D eigenvalue weighted by Gasteiger charge is 2.17. The molecule has 0 spiro atoms. The molecule has 1 aromatic carbocycles. The number of aliphatic hydroxyl groups is 1. The Morgan fingerprint density at radius 1 is 1.53 bits per heavy atom. The zero-order valence-electron chi connectivity index (χ0n) is 9.85. The molecule has 1 unspecified atom stereocenters. The Labute approximate surface area is 99.3 Å². The van der Waals surface area contributed by atoms with Gasteiger partial charge in [0, 0.05) is 6.04 Å². The second-order valence-electron chi connectivity index (χ2n) is 4.03. The number of aromatic hydroxyl groups is 1. The van der Waals surface area contributed by atoms with Crippen molar-refractivity contribution >= 4 is 5.78 Å². The summed E-state index contributed by atoms with van der Waals surface area (Å²) in [6.07, 6.45) is 0. The van der Waals surface area contributed by atoms with Crippen LogP contribution in [0.1, 0.15) is 17.3 Å². The van der Waals surface area contributed by atoms with E-state index in [9.17, 15) is 14.3 Å². The number of phenols is 1. The molecule has 0 aliphatic heterocycles. The van der Waals surface area contributed by atoms with E-state index in [1.807, 2.05) is 0 Å². The molecule has 0 bridgehead atoms. The topological polar surface area (TPSA) is 60.8 Å². The summed E-state index contributed by atoms with van der Waals surface area (Å²) in [6, 6.07) is 3.08. The van der Waals surface area contributed by atoms with Crippen LogP contribution in [0.2, 0.25) is 0 Å². The molecular formula is C12H16FNO3. The molecule has 5 heteroatoms. The Kier molecular flexibility index (Phi) is 4.60. The Morgan fingerprint density at radius 2 is 2.18 bits per heavy atom. The molecule has 1 rings (SSSR count). The van der Waals surface area contributed by atoms with Gasteiger partial charge in [-0.15, -0.1) is 0 Å². The van der Waals surface area contributed by atoms with Crippen LogP contribution < -0.4 is 0 Å². The molecule has 0 heterocycles. The molecule has 0 aliphatic rings. The number of Topliss-reactive ketones (excluding diaryl/α,β-unsaturated/α-hetero) is 1. The van der Waals surface area contributed by atoms with Crippen molar-refractivity contribution in [1.29, 1.82) is 0 Å². The van der Waals surface area contributed by atoms with Crippen LogP contribution in [0.4, 0.5) is 4.39 Å². The van der Waals surface area contributed by atoms with Crippen molar-refractivity contribution in [2.24, 2.45) is 0 Å². The number of halogens is 1. The lowest BCUT2D eigenvalue weighted by Gasteiger charge is -2.21. The van der Waals surface area contributed by atoms with Crippen LogP contribution in [0.3, 0.4) is 0 Å². The van der Waals surface area contributed by atoms with Gasteiger partial charge in [0.15, 0.2) is 5.78 Å². The van der Waals surface area contributed by atoms with E-state index >= 15 is 0 Å². The van der Waals surface area contributed by atoms with Gasteiger partial charge in [-0.25, -0.2) is 4.39 Å². The third-order valence-corrected chi connectivity index (χ3v) is 2.67. The molecule has 17 heavy (non-hydrogen) atoms. The molecule has 0 fully saturated rings. The van der Waals surface area contributed by atoms with Crippen LogP contribution in [-0.2, 0) is 0 Å². The number of carbonyl (C=O) groups excluding carboxylic acids is 1. The lowest BCUT2D eigenvalue weighted by atomic mass is 10.1. The van der Waals surface area contributed by atoms with Crippen LogP contribution in [0.25, 0.3) is 0 Å². The lowest BCUT2D eigenvalue weighted by molar-refractivity contribution is 0.0887. The van der Waals surface area contributed by atoms with E-state index in [1.54, 1.807) is 18.9 Å². The van der Waals surface area contributed by atoms with E-state index in [1.165, 1.54) is 0 Å². The number of phenolic OH excluding ortho intramolecular Hbond substituents is 1. The Bertz CT molecular complexity index is 409. The van der Waals surface area contributed by atoms with E-state index in [4.69, 9.17) is 5.11 Å². The first-order valence-corrected chi connectivity index (χ1v) is 5.28. The van der Waals surface area contributed by atoms with Gasteiger partial charge in [-0.2, -0.15) is 0 Å². The Morgan fingerprint density at radius 3 is 2.76 bits per heavy atom. The fourth-order valence-electron chi connectivity index (χ4n) is 1.34. The van der Waals surface area contributed by atoms with E-state index in [2.05, 4.69) is 0 Å². The number of hydrogen-bond acceptors (Lipinski definition) is 4. The van der Waals surface area contributed by atoms with Gasteiger partial charge in [0.2, 0.25) is 0 Å². The summed E-state index contributed by atoms with van der Waals surface area (Å²) in [5.41, 5.74) is -0.0398. The van der Waals surface area contributed by atoms with E-state index in [-0.39, 0.29) is 36.3 Å². The van der Waals surface area contributed by atoms with Crippen molar-refractivity contribution in [2.45, 2.75) is 13.0 Å². The molecule has 4 nitrogen and oxygen atoms in total. The monoisotopic (exact) mass is 241 g/mol. The largest absolute Gasteiger partial charge is 0.507 e. The Balaban J connectivity index is 2.79. The molecule has 1 aromatic rings. The summed E-state index contributed by atoms with van der Waals surface area (Å²) < 4.78 is 13.0. The quantitative estimate of drug-likeness (QED) is 0.756. The summed E-state index contributed by atoms with van der Waals surface area (Å²) in [5.74, 6) is -1.18. The molecule has 0 saturated heterocycles. The number of benzene rings is 1. The standard InChI is InChI=1S/C12H16FNO3/c1-8(7-15)14(2)6-12(17)10-5-9(13)3-4-11(10)16/h3-5,8,15-16H,6-7H2,1-2H3. The maximum absolute atomic E-state index is 13.0. The van der Waals surface area contributed by atoms with Crippen LogP contribution in [0.5, 0.6) is 5.75 Å². The summed E-state index contributed by atoms with van der Waals surface area (Å²) in [4.78, 5) is 13.4. The summed E-state index contributed by atoms with van der Waals surface area (Å²) in [7, 11) is 1.68. The van der Waals surface area contributed by atoms with Crippen LogP contribution in [-0.4, -0.2) is 47.1 Å². The first kappa shape index (κ1) is 13.6.